The summed E-state index contributed by atoms with van der Waals surface area (Å²) in [7, 11) is 0. The molecule has 5 nitrogen and oxygen atoms in total. The molecule has 1 heterocycles. The monoisotopic (exact) mass is 244 g/mol. The third-order valence-electron chi connectivity index (χ3n) is 2.33. The first-order chi connectivity index (χ1) is 8.60. The molecule has 90 valence electrons. The number of fused-ring (bicyclic) bond motifs is 1. The molecule has 18 heavy (non-hydrogen) atoms. The Morgan fingerprint density at radius 2 is 2.06 bits per heavy atom. The lowest BCUT2D eigenvalue weighted by atomic mass is 10.1. The van der Waals surface area contributed by atoms with Gasteiger partial charge < -0.3 is 9.52 Å². The molecule has 0 amide bonds. The zero-order valence-corrected chi connectivity index (χ0v) is 9.12. The minimum absolute atomic E-state index is 0.142. The van der Waals surface area contributed by atoms with Crippen molar-refractivity contribution in [3.63, 3.8) is 0 Å². The van der Waals surface area contributed by atoms with Gasteiger partial charge in [-0.05, 0) is 18.2 Å². The number of hydrogen-bond donors (Lipinski definition) is 1. The predicted molar refractivity (Wildman–Crippen MR) is 64.5 cm³/mol. The Labute approximate surface area is 101 Å². The van der Waals surface area contributed by atoms with E-state index in [1.807, 2.05) is 0 Å². The zero-order valence-electron chi connectivity index (χ0n) is 9.12. The average Bonchev–Trinajstić information content (AvgIpc) is 2.35. The second-order valence-corrected chi connectivity index (χ2v) is 3.58. The van der Waals surface area contributed by atoms with Crippen molar-refractivity contribution in [1.29, 1.82) is 0 Å². The van der Waals surface area contributed by atoms with E-state index in [-0.39, 0.29) is 11.1 Å². The summed E-state index contributed by atoms with van der Waals surface area (Å²) in [6, 6.07) is 6.17. The SMILES string of the molecule is O=Cc1ccc2cc(/C=C/C(=O)O)c(=O)oc2c1. The van der Waals surface area contributed by atoms with Crippen LogP contribution in [-0.4, -0.2) is 17.4 Å². The molecule has 0 spiro atoms. The van der Waals surface area contributed by atoms with Gasteiger partial charge in [0.25, 0.3) is 0 Å². The van der Waals surface area contributed by atoms with E-state index in [0.717, 1.165) is 6.08 Å². The Balaban J connectivity index is 2.59. The molecule has 0 saturated carbocycles. The number of benzene rings is 1. The van der Waals surface area contributed by atoms with Crippen LogP contribution in [0.4, 0.5) is 0 Å². The van der Waals surface area contributed by atoms with Gasteiger partial charge in [0.05, 0.1) is 5.56 Å². The van der Waals surface area contributed by atoms with Crippen LogP contribution in [-0.2, 0) is 4.79 Å². The number of carboxylic acids is 1. The van der Waals surface area contributed by atoms with Crippen molar-refractivity contribution in [2.45, 2.75) is 0 Å². The molecule has 0 bridgehead atoms. The fourth-order valence-corrected chi connectivity index (χ4v) is 1.49. The highest BCUT2D eigenvalue weighted by Crippen LogP contribution is 2.15. The van der Waals surface area contributed by atoms with Crippen LogP contribution in [0.3, 0.4) is 0 Å². The van der Waals surface area contributed by atoms with Crippen LogP contribution in [0.25, 0.3) is 17.0 Å². The van der Waals surface area contributed by atoms with Crippen molar-refractivity contribution in [3.05, 3.63) is 51.9 Å². The van der Waals surface area contributed by atoms with Gasteiger partial charge in [-0.25, -0.2) is 9.59 Å². The summed E-state index contributed by atoms with van der Waals surface area (Å²) in [6.07, 6.45) is 2.68. The molecule has 1 aromatic heterocycles. The summed E-state index contributed by atoms with van der Waals surface area (Å²) >= 11 is 0. The number of rotatable bonds is 3. The topological polar surface area (TPSA) is 84.6 Å². The van der Waals surface area contributed by atoms with Gasteiger partial charge in [-0.3, -0.25) is 4.79 Å². The molecular formula is C13H8O5. The summed E-state index contributed by atoms with van der Waals surface area (Å²) in [4.78, 5) is 32.5. The van der Waals surface area contributed by atoms with Gasteiger partial charge in [-0.1, -0.05) is 12.1 Å². The van der Waals surface area contributed by atoms with Crippen molar-refractivity contribution in [3.8, 4) is 0 Å². The lowest BCUT2D eigenvalue weighted by Gasteiger charge is -1.98. The molecule has 0 aliphatic carbocycles. The molecule has 2 aromatic rings. The van der Waals surface area contributed by atoms with Crippen molar-refractivity contribution >= 4 is 29.3 Å². The Hall–Kier alpha value is -2.69. The van der Waals surface area contributed by atoms with Crippen LogP contribution < -0.4 is 5.63 Å². The van der Waals surface area contributed by atoms with Crippen molar-refractivity contribution in [2.75, 3.05) is 0 Å². The van der Waals surface area contributed by atoms with Gasteiger partial charge >= 0.3 is 11.6 Å². The average molecular weight is 244 g/mol. The van der Waals surface area contributed by atoms with Gasteiger partial charge in [-0.2, -0.15) is 0 Å². The fraction of sp³-hybridized carbons (Fsp3) is 0. The molecule has 5 heteroatoms. The molecule has 0 unspecified atom stereocenters. The van der Waals surface area contributed by atoms with Crippen molar-refractivity contribution in [1.82, 2.24) is 0 Å². The molecular weight excluding hydrogens is 236 g/mol. The second-order valence-electron chi connectivity index (χ2n) is 3.58. The molecule has 0 aliphatic rings. The Kier molecular flexibility index (Phi) is 3.05. The van der Waals surface area contributed by atoms with Gasteiger partial charge in [0.15, 0.2) is 0 Å². The van der Waals surface area contributed by atoms with Crippen LogP contribution in [0.1, 0.15) is 15.9 Å². The number of carbonyl (C=O) groups is 2. The predicted octanol–water partition coefficient (Wildman–Crippen LogP) is 1.70. The Morgan fingerprint density at radius 1 is 1.28 bits per heavy atom. The molecule has 1 N–H and O–H groups in total. The highest BCUT2D eigenvalue weighted by Gasteiger charge is 2.04. The van der Waals surface area contributed by atoms with E-state index < -0.39 is 11.6 Å². The van der Waals surface area contributed by atoms with Crippen LogP contribution in [0.2, 0.25) is 0 Å². The number of aliphatic carboxylic acids is 1. The van der Waals surface area contributed by atoms with Crippen LogP contribution in [0, 0.1) is 0 Å². The lowest BCUT2D eigenvalue weighted by molar-refractivity contribution is -0.131. The minimum atomic E-state index is -1.15. The zero-order chi connectivity index (χ0) is 13.1. The van der Waals surface area contributed by atoms with E-state index in [1.165, 1.54) is 18.2 Å². The number of aldehydes is 1. The highest BCUT2D eigenvalue weighted by molar-refractivity contribution is 5.88. The van der Waals surface area contributed by atoms with Crippen molar-refractivity contribution < 1.29 is 19.1 Å². The summed E-state index contributed by atoms with van der Waals surface area (Å²) in [5.74, 6) is -1.15. The maximum atomic E-state index is 11.5. The van der Waals surface area contributed by atoms with Crippen LogP contribution in [0.5, 0.6) is 0 Å². The third kappa shape index (κ3) is 2.35. The molecule has 2 rings (SSSR count). The fourth-order valence-electron chi connectivity index (χ4n) is 1.49. The summed E-state index contributed by atoms with van der Waals surface area (Å²) in [5, 5.41) is 9.10. The van der Waals surface area contributed by atoms with E-state index in [9.17, 15) is 14.4 Å². The largest absolute Gasteiger partial charge is 0.478 e. The third-order valence-corrected chi connectivity index (χ3v) is 2.33. The smallest absolute Gasteiger partial charge is 0.343 e. The number of carboxylic acid groups (broad SMARTS) is 1. The maximum absolute atomic E-state index is 11.5. The Bertz CT molecular complexity index is 709. The van der Waals surface area contributed by atoms with Crippen LogP contribution >= 0.6 is 0 Å². The normalized spacial score (nSPS) is 10.9. The quantitative estimate of drug-likeness (QED) is 0.504. The van der Waals surface area contributed by atoms with E-state index >= 15 is 0 Å². The first kappa shape index (κ1) is 11.8. The Morgan fingerprint density at radius 3 is 2.72 bits per heavy atom. The van der Waals surface area contributed by atoms with E-state index in [1.54, 1.807) is 12.1 Å². The highest BCUT2D eigenvalue weighted by atomic mass is 16.4. The molecule has 1 aromatic carbocycles. The van der Waals surface area contributed by atoms with E-state index in [2.05, 4.69) is 0 Å². The van der Waals surface area contributed by atoms with Crippen molar-refractivity contribution in [2.24, 2.45) is 0 Å². The molecule has 0 saturated heterocycles. The molecule has 0 aliphatic heterocycles. The first-order valence-electron chi connectivity index (χ1n) is 5.04. The standard InChI is InChI=1S/C13H8O5/c14-7-8-1-2-9-6-10(3-4-12(15)16)13(17)18-11(9)5-8/h1-7H,(H,15,16)/b4-3+. The second kappa shape index (κ2) is 4.67. The number of hydrogen-bond acceptors (Lipinski definition) is 4. The van der Waals surface area contributed by atoms with E-state index in [4.69, 9.17) is 9.52 Å². The van der Waals surface area contributed by atoms with Gasteiger partial charge in [0.1, 0.15) is 11.9 Å². The maximum Gasteiger partial charge on any atom is 0.343 e. The van der Waals surface area contributed by atoms with Gasteiger partial charge in [-0.15, -0.1) is 0 Å². The van der Waals surface area contributed by atoms with Gasteiger partial charge in [0.2, 0.25) is 0 Å². The summed E-state index contributed by atoms with van der Waals surface area (Å²) in [5.41, 5.74) is 0.184. The molecule has 0 radical (unpaired) electrons. The summed E-state index contributed by atoms with van der Waals surface area (Å²) < 4.78 is 5.01. The molecule has 0 atom stereocenters. The number of carbonyl (C=O) groups excluding carboxylic acids is 1. The molecule has 0 fully saturated rings. The van der Waals surface area contributed by atoms with E-state index in [0.29, 0.717) is 17.2 Å². The van der Waals surface area contributed by atoms with Gasteiger partial charge in [0, 0.05) is 17.0 Å². The summed E-state index contributed by atoms with van der Waals surface area (Å²) in [6.45, 7) is 0. The lowest BCUT2D eigenvalue weighted by Crippen LogP contribution is -2.03. The van der Waals surface area contributed by atoms with Crippen LogP contribution in [0.15, 0.2) is 39.6 Å². The minimum Gasteiger partial charge on any atom is -0.478 e. The first-order valence-corrected chi connectivity index (χ1v) is 5.04.